The Morgan fingerprint density at radius 1 is 1.00 bits per heavy atom. The average Bonchev–Trinajstić information content (AvgIpc) is 2.97. The van der Waals surface area contributed by atoms with E-state index < -0.39 is 0 Å². The molecule has 0 bridgehead atoms. The highest BCUT2D eigenvalue weighted by Crippen LogP contribution is 2.23. The van der Waals surface area contributed by atoms with Crippen molar-refractivity contribution in [2.24, 2.45) is 0 Å². The highest BCUT2D eigenvalue weighted by Gasteiger charge is 2.05. The molecule has 1 heterocycles. The number of benzene rings is 1. The van der Waals surface area contributed by atoms with Crippen LogP contribution in [0, 0.1) is 0 Å². The second-order valence-corrected chi connectivity index (χ2v) is 5.41. The van der Waals surface area contributed by atoms with Crippen LogP contribution in [0.5, 0.6) is 0 Å². The van der Waals surface area contributed by atoms with E-state index in [4.69, 9.17) is 16.0 Å². The monoisotopic (exact) mass is 376 g/mol. The third kappa shape index (κ3) is 7.15. The molecule has 0 saturated heterocycles. The summed E-state index contributed by atoms with van der Waals surface area (Å²) in [4.78, 5) is 2.40. The van der Waals surface area contributed by atoms with E-state index in [0.29, 0.717) is 0 Å². The number of halogens is 3. The summed E-state index contributed by atoms with van der Waals surface area (Å²) in [6.45, 7) is 9.37. The van der Waals surface area contributed by atoms with Crippen LogP contribution in [0.4, 0.5) is 0 Å². The highest BCUT2D eigenvalue weighted by molar-refractivity contribution is 6.30. The molecule has 1 aromatic heterocycles. The lowest BCUT2D eigenvalue weighted by molar-refractivity contribution is -0.001000. The van der Waals surface area contributed by atoms with Crippen LogP contribution in [-0.4, -0.2) is 31.1 Å². The minimum Gasteiger partial charge on any atom is -1.00 e. The summed E-state index contributed by atoms with van der Waals surface area (Å²) in [6.07, 6.45) is 0. The number of rotatable bonds is 8. The van der Waals surface area contributed by atoms with Crippen LogP contribution < -0.4 is 30.1 Å². The minimum absolute atomic E-state index is 0. The van der Waals surface area contributed by atoms with Crippen molar-refractivity contribution < 1.29 is 29.2 Å². The lowest BCUT2D eigenvalue weighted by Crippen LogP contribution is -3.00. The van der Waals surface area contributed by atoms with Gasteiger partial charge in [-0.3, -0.25) is 0 Å². The van der Waals surface area contributed by atoms with Gasteiger partial charge in [0.25, 0.3) is 0 Å². The maximum absolute atomic E-state index is 5.89. The summed E-state index contributed by atoms with van der Waals surface area (Å²) in [5.41, 5.74) is 1.05. The average molecular weight is 378 g/mol. The van der Waals surface area contributed by atoms with Gasteiger partial charge in [0.15, 0.2) is 0 Å². The Morgan fingerprint density at radius 3 is 2.26 bits per heavy atom. The van der Waals surface area contributed by atoms with Crippen LogP contribution in [0.25, 0.3) is 11.3 Å². The van der Waals surface area contributed by atoms with Crippen molar-refractivity contribution >= 4 is 11.6 Å². The molecule has 0 aliphatic heterocycles. The van der Waals surface area contributed by atoms with Gasteiger partial charge in [0.2, 0.25) is 0 Å². The van der Waals surface area contributed by atoms with Gasteiger partial charge in [-0.15, -0.1) is 0 Å². The Kier molecular flexibility index (Phi) is 11.4. The smallest absolute Gasteiger partial charge is 0.134 e. The first kappa shape index (κ1) is 22.3. The Balaban J connectivity index is 0.00000242. The van der Waals surface area contributed by atoms with Crippen LogP contribution in [0.2, 0.25) is 5.02 Å². The van der Waals surface area contributed by atoms with Crippen LogP contribution in [0.3, 0.4) is 0 Å². The molecule has 0 spiro atoms. The van der Waals surface area contributed by atoms with E-state index in [2.05, 4.69) is 24.1 Å². The van der Waals surface area contributed by atoms with E-state index in [-0.39, 0.29) is 24.8 Å². The lowest BCUT2D eigenvalue weighted by atomic mass is 10.2. The van der Waals surface area contributed by atoms with Gasteiger partial charge in [-0.2, -0.15) is 0 Å². The maximum atomic E-state index is 5.89. The van der Waals surface area contributed by atoms with Gasteiger partial charge in [0, 0.05) is 23.7 Å². The van der Waals surface area contributed by atoms with Crippen LogP contribution >= 0.6 is 11.6 Å². The predicted octanol–water partition coefficient (Wildman–Crippen LogP) is -1.96. The summed E-state index contributed by atoms with van der Waals surface area (Å²) < 4.78 is 5.85. The maximum Gasteiger partial charge on any atom is 0.134 e. The molecule has 130 valence electrons. The van der Waals surface area contributed by atoms with E-state index >= 15 is 0 Å². The largest absolute Gasteiger partial charge is 1.00 e. The van der Waals surface area contributed by atoms with Crippen molar-refractivity contribution in [3.05, 3.63) is 47.2 Å². The number of likely N-dealkylation sites (N-methyl/N-ethyl adjacent to an activating group) is 1. The number of hydrogen-bond donors (Lipinski definition) is 1. The fraction of sp³-hybridized carbons (Fsp3) is 0.412. The molecule has 0 saturated carbocycles. The second kappa shape index (κ2) is 11.8. The first-order valence-corrected chi connectivity index (χ1v) is 7.88. The van der Waals surface area contributed by atoms with Gasteiger partial charge in [-0.05, 0) is 49.5 Å². The zero-order chi connectivity index (χ0) is 15.1. The van der Waals surface area contributed by atoms with Gasteiger partial charge < -0.3 is 39.4 Å². The molecule has 0 aliphatic carbocycles. The molecule has 0 amide bonds. The van der Waals surface area contributed by atoms with E-state index in [1.54, 1.807) is 0 Å². The highest BCUT2D eigenvalue weighted by atomic mass is 35.5. The Bertz CT molecular complexity index is 539. The standard InChI is InChI=1S/C17H23ClN2O.2ClH/c1-3-20(4-2)12-11-19-13-16-9-10-17(21-16)14-5-7-15(18)8-6-14;;/h5-10,19H,3-4,11-13H2,1-2H3;2*1H/p-2. The first-order chi connectivity index (χ1) is 10.2. The molecule has 23 heavy (non-hydrogen) atoms. The summed E-state index contributed by atoms with van der Waals surface area (Å²) in [6, 6.07) is 11.7. The fourth-order valence-corrected chi connectivity index (χ4v) is 2.36. The van der Waals surface area contributed by atoms with Gasteiger partial charge in [0.1, 0.15) is 11.5 Å². The van der Waals surface area contributed by atoms with E-state index in [0.717, 1.165) is 54.8 Å². The third-order valence-electron chi connectivity index (χ3n) is 3.59. The quantitative estimate of drug-likeness (QED) is 0.542. The molecule has 0 fully saturated rings. The summed E-state index contributed by atoms with van der Waals surface area (Å²) in [5.74, 6) is 1.84. The van der Waals surface area contributed by atoms with E-state index in [1.165, 1.54) is 0 Å². The normalized spacial score (nSPS) is 10.3. The molecular formula is C17H23Cl3N2O-2. The van der Waals surface area contributed by atoms with E-state index in [9.17, 15) is 0 Å². The van der Waals surface area contributed by atoms with Crippen molar-refractivity contribution in [2.75, 3.05) is 26.2 Å². The molecule has 0 aliphatic rings. The predicted molar refractivity (Wildman–Crippen MR) is 88.6 cm³/mol. The number of nitrogens with zero attached hydrogens (tertiary/aromatic N) is 1. The van der Waals surface area contributed by atoms with Gasteiger partial charge in [-0.1, -0.05) is 25.4 Å². The van der Waals surface area contributed by atoms with Crippen molar-refractivity contribution in [2.45, 2.75) is 20.4 Å². The number of furan rings is 1. The molecule has 1 N–H and O–H groups in total. The van der Waals surface area contributed by atoms with Crippen molar-refractivity contribution in [3.8, 4) is 11.3 Å². The van der Waals surface area contributed by atoms with Crippen molar-refractivity contribution in [3.63, 3.8) is 0 Å². The van der Waals surface area contributed by atoms with Crippen molar-refractivity contribution in [1.82, 2.24) is 10.2 Å². The molecule has 3 nitrogen and oxygen atoms in total. The second-order valence-electron chi connectivity index (χ2n) is 4.98. The summed E-state index contributed by atoms with van der Waals surface area (Å²) in [7, 11) is 0. The first-order valence-electron chi connectivity index (χ1n) is 7.50. The molecule has 0 radical (unpaired) electrons. The zero-order valence-corrected chi connectivity index (χ0v) is 15.8. The van der Waals surface area contributed by atoms with Crippen molar-refractivity contribution in [1.29, 1.82) is 0 Å². The molecular weight excluding hydrogens is 355 g/mol. The Hall–Kier alpha value is -0.710. The van der Waals surface area contributed by atoms with Crippen LogP contribution in [0.15, 0.2) is 40.8 Å². The van der Waals surface area contributed by atoms with Gasteiger partial charge >= 0.3 is 0 Å². The van der Waals surface area contributed by atoms with Gasteiger partial charge in [-0.25, -0.2) is 0 Å². The SMILES string of the molecule is CCN(CC)CCNCc1ccc(-c2ccc(Cl)cc2)o1.[Cl-].[Cl-]. The third-order valence-corrected chi connectivity index (χ3v) is 3.84. The molecule has 0 unspecified atom stereocenters. The molecule has 2 rings (SSSR count). The Morgan fingerprint density at radius 2 is 1.65 bits per heavy atom. The topological polar surface area (TPSA) is 28.4 Å². The zero-order valence-electron chi connectivity index (χ0n) is 13.5. The summed E-state index contributed by atoms with van der Waals surface area (Å²) >= 11 is 5.89. The molecule has 2 aromatic rings. The van der Waals surface area contributed by atoms with Crippen LogP contribution in [0.1, 0.15) is 19.6 Å². The van der Waals surface area contributed by atoms with Gasteiger partial charge in [0.05, 0.1) is 6.54 Å². The number of nitrogens with one attached hydrogen (secondary N) is 1. The van der Waals surface area contributed by atoms with E-state index in [1.807, 2.05) is 36.4 Å². The molecule has 6 heteroatoms. The van der Waals surface area contributed by atoms with Crippen LogP contribution in [-0.2, 0) is 6.54 Å². The minimum atomic E-state index is 0. The molecule has 0 atom stereocenters. The Labute approximate surface area is 156 Å². The summed E-state index contributed by atoms with van der Waals surface area (Å²) in [5, 5.41) is 4.16. The lowest BCUT2D eigenvalue weighted by Gasteiger charge is -2.17. The number of hydrogen-bond acceptors (Lipinski definition) is 3. The molecule has 1 aromatic carbocycles. The fourth-order valence-electron chi connectivity index (χ4n) is 2.23.